The number of hydrogen-bond acceptors (Lipinski definition) is 2. The Morgan fingerprint density at radius 2 is 1.87 bits per heavy atom. The fourth-order valence-electron chi connectivity index (χ4n) is 1.06. The topological polar surface area (TPSA) is 22.1 Å². The molecule has 0 atom stereocenters. The molecule has 0 aliphatic heterocycles. The summed E-state index contributed by atoms with van der Waals surface area (Å²) in [5, 5.41) is 0. The first-order valence-corrected chi connectivity index (χ1v) is 4.22. The maximum Gasteiger partial charge on any atom is 0.573 e. The highest BCUT2D eigenvalue weighted by Crippen LogP contribution is 2.29. The third kappa shape index (κ3) is 3.38. The van der Waals surface area contributed by atoms with Gasteiger partial charge in [-0.15, -0.1) is 13.2 Å². The number of aromatic nitrogens is 1. The zero-order chi connectivity index (χ0) is 11.6. The van der Waals surface area contributed by atoms with Crippen LogP contribution in [-0.4, -0.2) is 11.3 Å². The van der Waals surface area contributed by atoms with Gasteiger partial charge in [0, 0.05) is 0 Å². The van der Waals surface area contributed by atoms with Crippen molar-refractivity contribution in [1.82, 2.24) is 4.98 Å². The minimum Gasteiger partial charge on any atom is -0.404 e. The summed E-state index contributed by atoms with van der Waals surface area (Å²) in [6.45, 7) is 3.20. The fraction of sp³-hybridized carbons (Fsp3) is 0.444. The van der Waals surface area contributed by atoms with E-state index in [1.54, 1.807) is 13.8 Å². The van der Waals surface area contributed by atoms with Crippen molar-refractivity contribution in [2.75, 3.05) is 0 Å². The molecule has 0 spiro atoms. The Kier molecular flexibility index (Phi) is 3.16. The van der Waals surface area contributed by atoms with Crippen LogP contribution < -0.4 is 4.74 Å². The molecule has 1 aromatic rings. The lowest BCUT2D eigenvalue weighted by atomic mass is 10.1. The monoisotopic (exact) mass is 223 g/mol. The van der Waals surface area contributed by atoms with E-state index in [1.165, 1.54) is 0 Å². The van der Waals surface area contributed by atoms with Crippen LogP contribution in [0.3, 0.4) is 0 Å². The number of rotatable bonds is 2. The van der Waals surface area contributed by atoms with Crippen LogP contribution in [0.1, 0.15) is 25.5 Å². The molecule has 1 aromatic heterocycles. The van der Waals surface area contributed by atoms with Gasteiger partial charge in [-0.25, -0.2) is 4.98 Å². The maximum atomic E-state index is 12.7. The summed E-state index contributed by atoms with van der Waals surface area (Å²) >= 11 is 0. The fourth-order valence-corrected chi connectivity index (χ4v) is 1.06. The molecule has 0 aromatic carbocycles. The number of hydrogen-bond donors (Lipinski definition) is 0. The molecular formula is C9H9F4NO. The van der Waals surface area contributed by atoms with Gasteiger partial charge in [-0.05, 0) is 18.1 Å². The zero-order valence-corrected chi connectivity index (χ0v) is 8.10. The summed E-state index contributed by atoms with van der Waals surface area (Å²) < 4.78 is 52.2. The van der Waals surface area contributed by atoms with Gasteiger partial charge in [0.15, 0.2) is 5.75 Å². The third-order valence-electron chi connectivity index (χ3n) is 1.62. The Labute approximate surface area is 83.9 Å². The molecule has 0 saturated heterocycles. The van der Waals surface area contributed by atoms with Crippen LogP contribution in [0, 0.1) is 5.95 Å². The highest BCUT2D eigenvalue weighted by molar-refractivity contribution is 5.29. The first kappa shape index (κ1) is 11.7. The van der Waals surface area contributed by atoms with Gasteiger partial charge in [-0.2, -0.15) is 4.39 Å². The molecular weight excluding hydrogens is 214 g/mol. The van der Waals surface area contributed by atoms with E-state index in [4.69, 9.17) is 0 Å². The number of pyridine rings is 1. The molecule has 0 unspecified atom stereocenters. The molecule has 0 aliphatic rings. The Hall–Kier alpha value is -1.33. The van der Waals surface area contributed by atoms with Crippen molar-refractivity contribution in [1.29, 1.82) is 0 Å². The van der Waals surface area contributed by atoms with E-state index in [1.807, 2.05) is 0 Å². The maximum absolute atomic E-state index is 12.7. The molecule has 0 radical (unpaired) electrons. The minimum atomic E-state index is -4.79. The van der Waals surface area contributed by atoms with Gasteiger partial charge in [0.2, 0.25) is 5.95 Å². The Morgan fingerprint density at radius 3 is 2.33 bits per heavy atom. The molecule has 2 nitrogen and oxygen atoms in total. The van der Waals surface area contributed by atoms with E-state index in [0.717, 1.165) is 12.1 Å². The van der Waals surface area contributed by atoms with Crippen LogP contribution in [0.4, 0.5) is 17.6 Å². The molecule has 0 saturated carbocycles. The van der Waals surface area contributed by atoms with Gasteiger partial charge in [-0.1, -0.05) is 13.8 Å². The van der Waals surface area contributed by atoms with E-state index < -0.39 is 18.1 Å². The average molecular weight is 223 g/mol. The highest BCUT2D eigenvalue weighted by Gasteiger charge is 2.32. The molecule has 1 rings (SSSR count). The normalized spacial score (nSPS) is 11.9. The van der Waals surface area contributed by atoms with Gasteiger partial charge < -0.3 is 4.74 Å². The second-order valence-electron chi connectivity index (χ2n) is 3.22. The quantitative estimate of drug-likeness (QED) is 0.567. The summed E-state index contributed by atoms with van der Waals surface area (Å²) in [6.07, 6.45) is -4.79. The molecule has 0 bridgehead atoms. The minimum absolute atomic E-state index is 0.0488. The standard InChI is InChI=1S/C9H9F4NO/c1-5(2)8-6(15-9(11,12)13)3-4-7(10)14-8/h3-5H,1-2H3. The summed E-state index contributed by atoms with van der Waals surface area (Å²) in [4.78, 5) is 3.37. The molecule has 84 valence electrons. The zero-order valence-electron chi connectivity index (χ0n) is 8.10. The van der Waals surface area contributed by atoms with Crippen molar-refractivity contribution < 1.29 is 22.3 Å². The van der Waals surface area contributed by atoms with Crippen molar-refractivity contribution in [3.63, 3.8) is 0 Å². The van der Waals surface area contributed by atoms with Crippen molar-refractivity contribution in [2.45, 2.75) is 26.1 Å². The molecule has 15 heavy (non-hydrogen) atoms. The van der Waals surface area contributed by atoms with Crippen molar-refractivity contribution >= 4 is 0 Å². The van der Waals surface area contributed by atoms with Crippen LogP contribution in [0.2, 0.25) is 0 Å². The predicted octanol–water partition coefficient (Wildman–Crippen LogP) is 3.24. The van der Waals surface area contributed by atoms with E-state index >= 15 is 0 Å². The molecule has 1 heterocycles. The Morgan fingerprint density at radius 1 is 1.27 bits per heavy atom. The van der Waals surface area contributed by atoms with Crippen LogP contribution >= 0.6 is 0 Å². The SMILES string of the molecule is CC(C)c1nc(F)ccc1OC(F)(F)F. The smallest absolute Gasteiger partial charge is 0.404 e. The van der Waals surface area contributed by atoms with Crippen LogP contribution in [0.25, 0.3) is 0 Å². The number of alkyl halides is 3. The van der Waals surface area contributed by atoms with Crippen LogP contribution in [-0.2, 0) is 0 Å². The molecule has 0 aliphatic carbocycles. The summed E-state index contributed by atoms with van der Waals surface area (Å²) in [5.74, 6) is -1.63. The number of ether oxygens (including phenoxy) is 1. The first-order valence-electron chi connectivity index (χ1n) is 4.22. The van der Waals surface area contributed by atoms with Crippen molar-refractivity contribution in [3.8, 4) is 5.75 Å². The highest BCUT2D eigenvalue weighted by atomic mass is 19.4. The van der Waals surface area contributed by atoms with Gasteiger partial charge in [0.05, 0.1) is 5.69 Å². The van der Waals surface area contributed by atoms with Crippen LogP contribution in [0.15, 0.2) is 12.1 Å². The van der Waals surface area contributed by atoms with E-state index in [-0.39, 0.29) is 11.6 Å². The van der Waals surface area contributed by atoms with Crippen molar-refractivity contribution in [2.24, 2.45) is 0 Å². The molecule has 0 N–H and O–H groups in total. The average Bonchev–Trinajstić information content (AvgIpc) is 2.05. The second-order valence-corrected chi connectivity index (χ2v) is 3.22. The lowest BCUT2D eigenvalue weighted by Gasteiger charge is -2.14. The molecule has 0 fully saturated rings. The third-order valence-corrected chi connectivity index (χ3v) is 1.62. The second kappa shape index (κ2) is 4.04. The predicted molar refractivity (Wildman–Crippen MR) is 45.0 cm³/mol. The lowest BCUT2D eigenvalue weighted by Crippen LogP contribution is -2.19. The van der Waals surface area contributed by atoms with Crippen LogP contribution in [0.5, 0.6) is 5.75 Å². The van der Waals surface area contributed by atoms with Gasteiger partial charge in [0.1, 0.15) is 0 Å². The van der Waals surface area contributed by atoms with Crippen molar-refractivity contribution in [3.05, 3.63) is 23.8 Å². The van der Waals surface area contributed by atoms with E-state index in [0.29, 0.717) is 0 Å². The molecule has 0 amide bonds. The summed E-state index contributed by atoms with van der Waals surface area (Å²) in [5.41, 5.74) is -0.0488. The van der Waals surface area contributed by atoms with Gasteiger partial charge in [-0.3, -0.25) is 0 Å². The largest absolute Gasteiger partial charge is 0.573 e. The van der Waals surface area contributed by atoms with E-state index in [9.17, 15) is 17.6 Å². The first-order chi connectivity index (χ1) is 6.79. The lowest BCUT2D eigenvalue weighted by molar-refractivity contribution is -0.275. The summed E-state index contributed by atoms with van der Waals surface area (Å²) in [6, 6.07) is 1.75. The van der Waals surface area contributed by atoms with E-state index in [2.05, 4.69) is 9.72 Å². The number of halogens is 4. The van der Waals surface area contributed by atoms with Gasteiger partial charge >= 0.3 is 6.36 Å². The number of nitrogens with zero attached hydrogens (tertiary/aromatic N) is 1. The Balaban J connectivity index is 3.06. The Bertz CT molecular complexity index is 348. The molecule has 6 heteroatoms. The van der Waals surface area contributed by atoms with Gasteiger partial charge in [0.25, 0.3) is 0 Å². The summed E-state index contributed by atoms with van der Waals surface area (Å²) in [7, 11) is 0.